The standard InChI is InChI=1S/C26H24N2O3/c1-17-7-12-22-23(15-17)27-14-13-25(22)31-24-6-4-5-21(18(24)2)26(29)28-16-19-8-10-20(30-3)11-9-19/h4-15H,16H2,1-3H3,(H,28,29). The van der Waals surface area contributed by atoms with Crippen molar-refractivity contribution >= 4 is 16.8 Å². The number of hydrogen-bond acceptors (Lipinski definition) is 4. The highest BCUT2D eigenvalue weighted by Crippen LogP contribution is 2.32. The van der Waals surface area contributed by atoms with E-state index in [1.165, 1.54) is 0 Å². The molecule has 3 aromatic carbocycles. The third kappa shape index (κ3) is 4.51. The van der Waals surface area contributed by atoms with Crippen molar-refractivity contribution in [3.8, 4) is 17.2 Å². The lowest BCUT2D eigenvalue weighted by molar-refractivity contribution is 0.0950. The maximum Gasteiger partial charge on any atom is 0.251 e. The summed E-state index contributed by atoms with van der Waals surface area (Å²) in [6, 6.07) is 21.0. The minimum Gasteiger partial charge on any atom is -0.497 e. The lowest BCUT2D eigenvalue weighted by Crippen LogP contribution is -2.23. The van der Waals surface area contributed by atoms with E-state index in [1.54, 1.807) is 19.4 Å². The Bertz CT molecular complexity index is 1230. The summed E-state index contributed by atoms with van der Waals surface area (Å²) in [5.41, 5.74) is 4.39. The molecule has 0 aliphatic rings. The van der Waals surface area contributed by atoms with E-state index in [0.29, 0.717) is 23.6 Å². The molecular weight excluding hydrogens is 388 g/mol. The van der Waals surface area contributed by atoms with Crippen molar-refractivity contribution in [3.63, 3.8) is 0 Å². The van der Waals surface area contributed by atoms with Crippen LogP contribution in [-0.4, -0.2) is 18.0 Å². The number of aromatic nitrogens is 1. The summed E-state index contributed by atoms with van der Waals surface area (Å²) in [7, 11) is 1.63. The van der Waals surface area contributed by atoms with Gasteiger partial charge in [0.1, 0.15) is 17.2 Å². The Morgan fingerprint density at radius 1 is 0.968 bits per heavy atom. The number of ether oxygens (including phenoxy) is 2. The fraction of sp³-hybridized carbons (Fsp3) is 0.154. The van der Waals surface area contributed by atoms with Gasteiger partial charge in [0.05, 0.1) is 12.6 Å². The molecule has 0 unspecified atom stereocenters. The highest BCUT2D eigenvalue weighted by molar-refractivity contribution is 5.96. The summed E-state index contributed by atoms with van der Waals surface area (Å²) in [6.45, 7) is 4.36. The smallest absolute Gasteiger partial charge is 0.251 e. The van der Waals surface area contributed by atoms with Gasteiger partial charge in [-0.15, -0.1) is 0 Å². The lowest BCUT2D eigenvalue weighted by Gasteiger charge is -2.14. The highest BCUT2D eigenvalue weighted by Gasteiger charge is 2.14. The Morgan fingerprint density at radius 2 is 1.77 bits per heavy atom. The van der Waals surface area contributed by atoms with Gasteiger partial charge in [0.15, 0.2) is 0 Å². The molecule has 5 heteroatoms. The number of nitrogens with one attached hydrogen (secondary N) is 1. The fourth-order valence-electron chi connectivity index (χ4n) is 3.43. The van der Waals surface area contributed by atoms with Crippen molar-refractivity contribution in [2.45, 2.75) is 20.4 Å². The molecule has 4 aromatic rings. The molecule has 0 radical (unpaired) electrons. The normalized spacial score (nSPS) is 10.7. The average Bonchev–Trinajstić information content (AvgIpc) is 2.79. The van der Waals surface area contributed by atoms with E-state index >= 15 is 0 Å². The Morgan fingerprint density at radius 3 is 2.55 bits per heavy atom. The van der Waals surface area contributed by atoms with Crippen LogP contribution in [-0.2, 0) is 6.54 Å². The molecule has 1 amide bonds. The predicted octanol–water partition coefficient (Wildman–Crippen LogP) is 5.58. The Hall–Kier alpha value is -3.86. The average molecular weight is 412 g/mol. The first kappa shape index (κ1) is 20.4. The number of fused-ring (bicyclic) bond motifs is 1. The minimum atomic E-state index is -0.144. The number of methoxy groups -OCH3 is 1. The van der Waals surface area contributed by atoms with E-state index in [-0.39, 0.29) is 5.91 Å². The van der Waals surface area contributed by atoms with Crippen LogP contribution in [0.2, 0.25) is 0 Å². The second-order valence-corrected chi connectivity index (χ2v) is 7.39. The van der Waals surface area contributed by atoms with Gasteiger partial charge in [-0.3, -0.25) is 9.78 Å². The number of benzene rings is 3. The van der Waals surface area contributed by atoms with Crippen LogP contribution >= 0.6 is 0 Å². The van der Waals surface area contributed by atoms with E-state index in [2.05, 4.69) is 10.3 Å². The van der Waals surface area contributed by atoms with Gasteiger partial charge < -0.3 is 14.8 Å². The summed E-state index contributed by atoms with van der Waals surface area (Å²) >= 11 is 0. The second kappa shape index (κ2) is 8.88. The van der Waals surface area contributed by atoms with Gasteiger partial charge in [0.2, 0.25) is 0 Å². The van der Waals surface area contributed by atoms with E-state index in [1.807, 2.05) is 74.5 Å². The molecule has 0 bridgehead atoms. The van der Waals surface area contributed by atoms with Gasteiger partial charge in [0.25, 0.3) is 5.91 Å². The van der Waals surface area contributed by atoms with Crippen LogP contribution in [0.4, 0.5) is 0 Å². The molecule has 1 aromatic heterocycles. The molecule has 31 heavy (non-hydrogen) atoms. The topological polar surface area (TPSA) is 60.5 Å². The fourth-order valence-corrected chi connectivity index (χ4v) is 3.43. The summed E-state index contributed by atoms with van der Waals surface area (Å²) in [5.74, 6) is 2.00. The maximum atomic E-state index is 12.8. The molecule has 1 heterocycles. The molecule has 0 aliphatic carbocycles. The van der Waals surface area contributed by atoms with Crippen LogP contribution in [0.3, 0.4) is 0 Å². The molecular formula is C26H24N2O3. The zero-order chi connectivity index (χ0) is 21.8. The Balaban J connectivity index is 1.53. The van der Waals surface area contributed by atoms with Crippen LogP contribution in [0.5, 0.6) is 17.2 Å². The zero-order valence-electron chi connectivity index (χ0n) is 17.8. The first-order chi connectivity index (χ1) is 15.0. The molecule has 1 N–H and O–H groups in total. The summed E-state index contributed by atoms with van der Waals surface area (Å²) in [6.07, 6.45) is 1.73. The van der Waals surface area contributed by atoms with E-state index in [0.717, 1.165) is 33.3 Å². The van der Waals surface area contributed by atoms with Gasteiger partial charge in [-0.2, -0.15) is 0 Å². The van der Waals surface area contributed by atoms with E-state index in [4.69, 9.17) is 9.47 Å². The second-order valence-electron chi connectivity index (χ2n) is 7.39. The quantitative estimate of drug-likeness (QED) is 0.449. The summed E-state index contributed by atoms with van der Waals surface area (Å²) in [5, 5.41) is 3.91. The van der Waals surface area contributed by atoms with Crippen molar-refractivity contribution in [1.29, 1.82) is 0 Å². The minimum absolute atomic E-state index is 0.144. The van der Waals surface area contributed by atoms with E-state index in [9.17, 15) is 4.79 Å². The Kier molecular flexibility index (Phi) is 5.85. The number of pyridine rings is 1. The van der Waals surface area contributed by atoms with Gasteiger partial charge in [-0.1, -0.05) is 24.3 Å². The van der Waals surface area contributed by atoms with Crippen LogP contribution in [0, 0.1) is 13.8 Å². The molecule has 0 saturated heterocycles. The SMILES string of the molecule is COc1ccc(CNC(=O)c2cccc(Oc3ccnc4cc(C)ccc34)c2C)cc1. The van der Waals surface area contributed by atoms with Crippen LogP contribution in [0.15, 0.2) is 72.9 Å². The van der Waals surface area contributed by atoms with Crippen molar-refractivity contribution in [3.05, 3.63) is 95.2 Å². The molecule has 5 nitrogen and oxygen atoms in total. The number of nitrogens with zero attached hydrogens (tertiary/aromatic N) is 1. The molecule has 0 atom stereocenters. The first-order valence-electron chi connectivity index (χ1n) is 10.1. The molecule has 0 fully saturated rings. The van der Waals surface area contributed by atoms with Crippen molar-refractivity contribution in [1.82, 2.24) is 10.3 Å². The maximum absolute atomic E-state index is 12.8. The van der Waals surface area contributed by atoms with Crippen molar-refractivity contribution in [2.24, 2.45) is 0 Å². The van der Waals surface area contributed by atoms with Gasteiger partial charge in [-0.05, 0) is 67.4 Å². The summed E-state index contributed by atoms with van der Waals surface area (Å²) in [4.78, 5) is 17.2. The Labute approximate surface area is 181 Å². The van der Waals surface area contributed by atoms with Crippen LogP contribution in [0.1, 0.15) is 27.0 Å². The predicted molar refractivity (Wildman–Crippen MR) is 122 cm³/mol. The molecule has 0 saturated carbocycles. The molecule has 4 rings (SSSR count). The van der Waals surface area contributed by atoms with Crippen LogP contribution < -0.4 is 14.8 Å². The first-order valence-corrected chi connectivity index (χ1v) is 10.1. The third-order valence-corrected chi connectivity index (χ3v) is 5.22. The lowest BCUT2D eigenvalue weighted by atomic mass is 10.1. The molecule has 0 aliphatic heterocycles. The van der Waals surface area contributed by atoms with Crippen LogP contribution in [0.25, 0.3) is 10.9 Å². The number of aryl methyl sites for hydroxylation is 1. The largest absolute Gasteiger partial charge is 0.497 e. The molecule has 156 valence electrons. The molecule has 0 spiro atoms. The number of rotatable bonds is 6. The number of amides is 1. The van der Waals surface area contributed by atoms with Crippen molar-refractivity contribution in [2.75, 3.05) is 7.11 Å². The number of hydrogen-bond donors (Lipinski definition) is 1. The number of carbonyl (C=O) groups is 1. The third-order valence-electron chi connectivity index (χ3n) is 5.22. The van der Waals surface area contributed by atoms with Gasteiger partial charge >= 0.3 is 0 Å². The number of carbonyl (C=O) groups excluding carboxylic acids is 1. The monoisotopic (exact) mass is 412 g/mol. The van der Waals surface area contributed by atoms with Gasteiger partial charge in [0, 0.05) is 29.3 Å². The van der Waals surface area contributed by atoms with Crippen molar-refractivity contribution < 1.29 is 14.3 Å². The highest BCUT2D eigenvalue weighted by atomic mass is 16.5. The van der Waals surface area contributed by atoms with E-state index < -0.39 is 0 Å². The summed E-state index contributed by atoms with van der Waals surface area (Å²) < 4.78 is 11.4. The zero-order valence-corrected chi connectivity index (χ0v) is 17.8. The van der Waals surface area contributed by atoms with Gasteiger partial charge in [-0.25, -0.2) is 0 Å².